The first-order chi connectivity index (χ1) is 15.6. The number of allylic oxidation sites excluding steroid dienone is 2. The van der Waals surface area contributed by atoms with Crippen LogP contribution < -0.4 is 4.90 Å². The van der Waals surface area contributed by atoms with Gasteiger partial charge in [-0.3, -0.25) is 24.2 Å². The Hall–Kier alpha value is -3.21. The van der Waals surface area contributed by atoms with E-state index in [4.69, 9.17) is 0 Å². The first-order valence-corrected chi connectivity index (χ1v) is 11.6. The van der Waals surface area contributed by atoms with Gasteiger partial charge in [0.05, 0.1) is 11.8 Å². The van der Waals surface area contributed by atoms with Crippen LogP contribution in [0.25, 0.3) is 0 Å². The maximum atomic E-state index is 13.5. The van der Waals surface area contributed by atoms with Gasteiger partial charge < -0.3 is 0 Å². The minimum atomic E-state index is -0.252. The Morgan fingerprint density at radius 2 is 1.50 bits per heavy atom. The molecule has 5 nitrogen and oxygen atoms in total. The number of nitrogens with zero attached hydrogens (tertiary/aromatic N) is 2. The summed E-state index contributed by atoms with van der Waals surface area (Å²) in [6.07, 6.45) is 6.38. The average molecular weight is 427 g/mol. The van der Waals surface area contributed by atoms with Crippen LogP contribution in [0, 0.1) is 35.5 Å². The van der Waals surface area contributed by atoms with Crippen molar-refractivity contribution in [3.8, 4) is 0 Å². The lowest BCUT2D eigenvalue weighted by Gasteiger charge is -2.37. The number of aryl methyl sites for hydroxylation is 1. The zero-order chi connectivity index (χ0) is 22.0. The Balaban J connectivity index is 1.33. The van der Waals surface area contributed by atoms with E-state index in [-0.39, 0.29) is 48.1 Å². The van der Waals surface area contributed by atoms with Crippen molar-refractivity contribution in [1.82, 2.24) is 4.90 Å². The maximum Gasteiger partial charge on any atom is 0.259 e. The van der Waals surface area contributed by atoms with Crippen molar-refractivity contribution in [2.24, 2.45) is 35.5 Å². The lowest BCUT2D eigenvalue weighted by atomic mass is 9.63. The predicted octanol–water partition coefficient (Wildman–Crippen LogP) is 3.91. The van der Waals surface area contributed by atoms with Gasteiger partial charge in [0.15, 0.2) is 0 Å². The van der Waals surface area contributed by atoms with E-state index < -0.39 is 0 Å². The van der Waals surface area contributed by atoms with E-state index in [1.54, 1.807) is 17.0 Å². The fourth-order valence-electron chi connectivity index (χ4n) is 6.21. The number of likely N-dealkylation sites (tertiary alicyclic amines) is 1. The molecule has 6 atom stereocenters. The quantitative estimate of drug-likeness (QED) is 0.538. The van der Waals surface area contributed by atoms with Crippen LogP contribution in [-0.4, -0.2) is 29.3 Å². The van der Waals surface area contributed by atoms with E-state index in [0.29, 0.717) is 23.1 Å². The molecule has 2 saturated carbocycles. The summed E-state index contributed by atoms with van der Waals surface area (Å²) in [5.41, 5.74) is 2.39. The second-order valence-corrected chi connectivity index (χ2v) is 9.52. The predicted molar refractivity (Wildman–Crippen MR) is 120 cm³/mol. The van der Waals surface area contributed by atoms with E-state index in [1.807, 2.05) is 42.5 Å². The number of anilines is 1. The van der Waals surface area contributed by atoms with Gasteiger partial charge in [0.2, 0.25) is 11.8 Å². The fourth-order valence-corrected chi connectivity index (χ4v) is 6.21. The van der Waals surface area contributed by atoms with Crippen molar-refractivity contribution < 1.29 is 14.4 Å². The van der Waals surface area contributed by atoms with Crippen LogP contribution in [-0.2, 0) is 16.0 Å². The second kappa shape index (κ2) is 7.16. The highest BCUT2D eigenvalue weighted by Gasteiger charge is 2.67. The van der Waals surface area contributed by atoms with Gasteiger partial charge in [0, 0.05) is 11.3 Å². The van der Waals surface area contributed by atoms with Crippen LogP contribution in [0.4, 0.5) is 5.69 Å². The van der Waals surface area contributed by atoms with Gasteiger partial charge in [-0.15, -0.1) is 0 Å². The summed E-state index contributed by atoms with van der Waals surface area (Å²) in [5.74, 6) is 0.542. The summed E-state index contributed by atoms with van der Waals surface area (Å²) in [6.45, 7) is 2.04. The van der Waals surface area contributed by atoms with E-state index in [9.17, 15) is 14.4 Å². The molecule has 2 bridgehead atoms. The van der Waals surface area contributed by atoms with Crippen LogP contribution in [0.3, 0.4) is 0 Å². The standard InChI is InChI=1S/C27H26N2O3/c1-2-16-8-10-18(11-9-16)28(25(30)17-6-4-3-5-7-17)15-29-26(31)23-19-12-13-20(22-14-21(19)22)24(23)27(29)32/h3-13,19-24H,2,14-15H2,1H3/t19-,20-,21-,22+,23-,24+/m1/s1. The molecule has 2 aromatic rings. The molecule has 1 aliphatic heterocycles. The highest BCUT2D eigenvalue weighted by molar-refractivity contribution is 6.09. The zero-order valence-electron chi connectivity index (χ0n) is 18.1. The fraction of sp³-hybridized carbons (Fsp3) is 0.370. The molecule has 0 radical (unpaired) electrons. The van der Waals surface area contributed by atoms with E-state index in [0.717, 1.165) is 12.8 Å². The van der Waals surface area contributed by atoms with Crippen molar-refractivity contribution in [3.05, 3.63) is 77.9 Å². The lowest BCUT2D eigenvalue weighted by molar-refractivity contribution is -0.140. The Morgan fingerprint density at radius 1 is 0.906 bits per heavy atom. The SMILES string of the molecule is CCc1ccc(N(CN2C(=O)[C@@H]3[C@@H]4C=C[C@H]([C@@H]5C[C@H]45)[C@@H]3C2=O)C(=O)c2ccccc2)cc1. The van der Waals surface area contributed by atoms with E-state index in [2.05, 4.69) is 19.1 Å². The van der Waals surface area contributed by atoms with Gasteiger partial charge in [-0.1, -0.05) is 49.4 Å². The van der Waals surface area contributed by atoms with Gasteiger partial charge >= 0.3 is 0 Å². The van der Waals surface area contributed by atoms with Gasteiger partial charge in [-0.25, -0.2) is 0 Å². The van der Waals surface area contributed by atoms with Crippen LogP contribution in [0.15, 0.2) is 66.7 Å². The average Bonchev–Trinajstić information content (AvgIpc) is 3.63. The van der Waals surface area contributed by atoms with Crippen LogP contribution in [0.2, 0.25) is 0 Å². The molecule has 4 aliphatic carbocycles. The van der Waals surface area contributed by atoms with Gasteiger partial charge in [-0.2, -0.15) is 0 Å². The summed E-state index contributed by atoms with van der Waals surface area (Å²) in [4.78, 5) is 43.3. The maximum absolute atomic E-state index is 13.5. The monoisotopic (exact) mass is 426 g/mol. The molecule has 0 spiro atoms. The topological polar surface area (TPSA) is 57.7 Å². The Morgan fingerprint density at radius 3 is 2.06 bits per heavy atom. The molecule has 3 amide bonds. The smallest absolute Gasteiger partial charge is 0.259 e. The minimum absolute atomic E-state index is 0.0430. The van der Waals surface area contributed by atoms with Crippen molar-refractivity contribution in [2.75, 3.05) is 11.6 Å². The second-order valence-electron chi connectivity index (χ2n) is 9.52. The zero-order valence-corrected chi connectivity index (χ0v) is 18.1. The van der Waals surface area contributed by atoms with Crippen LogP contribution >= 0.6 is 0 Å². The summed E-state index contributed by atoms with van der Waals surface area (Å²) in [5, 5.41) is 0. The van der Waals surface area contributed by atoms with Gasteiger partial charge in [-0.05, 0) is 66.3 Å². The van der Waals surface area contributed by atoms with Gasteiger partial charge in [0.1, 0.15) is 6.67 Å². The van der Waals surface area contributed by atoms with Crippen LogP contribution in [0.5, 0.6) is 0 Å². The van der Waals surface area contributed by atoms with E-state index >= 15 is 0 Å². The van der Waals surface area contributed by atoms with Crippen molar-refractivity contribution in [1.29, 1.82) is 0 Å². The molecule has 0 N–H and O–H groups in total. The van der Waals surface area contributed by atoms with Crippen molar-refractivity contribution in [2.45, 2.75) is 19.8 Å². The number of rotatable bonds is 5. The molecule has 1 heterocycles. The molecule has 7 rings (SSSR count). The van der Waals surface area contributed by atoms with Crippen molar-refractivity contribution in [3.63, 3.8) is 0 Å². The van der Waals surface area contributed by atoms with Crippen molar-refractivity contribution >= 4 is 23.4 Å². The number of carbonyl (C=O) groups excluding carboxylic acids is 3. The number of amides is 3. The number of carbonyl (C=O) groups is 3. The molecule has 5 aliphatic rings. The lowest BCUT2D eigenvalue weighted by Crippen LogP contribution is -2.45. The van der Waals surface area contributed by atoms with E-state index in [1.165, 1.54) is 10.5 Å². The third-order valence-electron chi connectivity index (χ3n) is 7.96. The largest absolute Gasteiger partial charge is 0.290 e. The molecule has 5 heteroatoms. The first-order valence-electron chi connectivity index (χ1n) is 11.6. The normalized spacial score (nSPS) is 31.5. The van der Waals surface area contributed by atoms with Gasteiger partial charge in [0.25, 0.3) is 5.91 Å². The summed E-state index contributed by atoms with van der Waals surface area (Å²) >= 11 is 0. The Kier molecular flexibility index (Phi) is 4.36. The highest BCUT2D eigenvalue weighted by Crippen LogP contribution is 2.65. The number of hydrogen-bond acceptors (Lipinski definition) is 3. The molecule has 32 heavy (non-hydrogen) atoms. The number of hydrogen-bond donors (Lipinski definition) is 0. The highest BCUT2D eigenvalue weighted by atomic mass is 16.2. The molecular formula is C27H26N2O3. The molecule has 0 unspecified atom stereocenters. The third kappa shape index (κ3) is 2.80. The van der Waals surface area contributed by atoms with Crippen LogP contribution in [0.1, 0.15) is 29.3 Å². The molecule has 3 fully saturated rings. The first kappa shape index (κ1) is 19.5. The summed E-state index contributed by atoms with van der Waals surface area (Å²) in [6, 6.07) is 16.8. The molecular weight excluding hydrogens is 400 g/mol. The molecule has 0 aromatic heterocycles. The molecule has 1 saturated heterocycles. The minimum Gasteiger partial charge on any atom is -0.290 e. The summed E-state index contributed by atoms with van der Waals surface area (Å²) in [7, 11) is 0. The molecule has 162 valence electrons. The molecule has 2 aromatic carbocycles. The summed E-state index contributed by atoms with van der Waals surface area (Å²) < 4.78 is 0. The Bertz CT molecular complexity index is 1090. The Labute approximate surface area is 187 Å². The number of imide groups is 1. The third-order valence-corrected chi connectivity index (χ3v) is 7.96. The number of benzene rings is 2.